The minimum atomic E-state index is 1.00. The van der Waals surface area contributed by atoms with Crippen molar-refractivity contribution in [2.24, 2.45) is 0 Å². The molecule has 0 aliphatic carbocycles. The number of rotatable bonds is 9. The number of hydrogen-bond donors (Lipinski definition) is 1. The lowest BCUT2D eigenvalue weighted by atomic mass is 10.1. The number of benzene rings is 1. The predicted molar refractivity (Wildman–Crippen MR) is 86.1 cm³/mol. The molecular formula is C17H27N3. The molecule has 0 saturated carbocycles. The maximum Gasteiger partial charge on any atom is 0.106 e. The van der Waals surface area contributed by atoms with Crippen molar-refractivity contribution >= 4 is 11.0 Å². The molecule has 0 saturated heterocycles. The van der Waals surface area contributed by atoms with Crippen LogP contribution in [0.25, 0.3) is 11.0 Å². The van der Waals surface area contributed by atoms with Crippen molar-refractivity contribution in [1.82, 2.24) is 14.9 Å². The Hall–Kier alpha value is -1.35. The summed E-state index contributed by atoms with van der Waals surface area (Å²) in [7, 11) is 0. The smallest absolute Gasteiger partial charge is 0.106 e. The van der Waals surface area contributed by atoms with Gasteiger partial charge < -0.3 is 9.88 Å². The Kier molecular flexibility index (Phi) is 6.06. The van der Waals surface area contributed by atoms with Gasteiger partial charge in [0.15, 0.2) is 0 Å². The van der Waals surface area contributed by atoms with Gasteiger partial charge in [-0.2, -0.15) is 0 Å². The van der Waals surface area contributed by atoms with Crippen LogP contribution < -0.4 is 5.32 Å². The molecule has 20 heavy (non-hydrogen) atoms. The minimum absolute atomic E-state index is 1.00. The molecule has 0 aliphatic rings. The monoisotopic (exact) mass is 273 g/mol. The van der Waals surface area contributed by atoms with Gasteiger partial charge in [0, 0.05) is 13.1 Å². The molecule has 0 bridgehead atoms. The van der Waals surface area contributed by atoms with Crippen molar-refractivity contribution in [3.63, 3.8) is 0 Å². The number of nitrogens with zero attached hydrogens (tertiary/aromatic N) is 2. The molecule has 0 unspecified atom stereocenters. The van der Waals surface area contributed by atoms with E-state index in [9.17, 15) is 0 Å². The molecule has 0 aliphatic heterocycles. The number of fused-ring (bicyclic) bond motifs is 1. The molecule has 1 heterocycles. The first kappa shape index (κ1) is 15.0. The van der Waals surface area contributed by atoms with Crippen LogP contribution in [0.2, 0.25) is 0 Å². The third kappa shape index (κ3) is 4.07. The Morgan fingerprint density at radius 3 is 2.70 bits per heavy atom. The molecule has 1 aromatic carbocycles. The lowest BCUT2D eigenvalue weighted by Gasteiger charge is -2.08. The standard InChI is InChI=1S/C17H27N3/c1-3-4-5-6-9-12-18-13-14-20-15(2)19-16-10-7-8-11-17(16)20/h7-8,10-11,18H,3-6,9,12-14H2,1-2H3. The summed E-state index contributed by atoms with van der Waals surface area (Å²) in [5.74, 6) is 1.11. The fraction of sp³-hybridized carbons (Fsp3) is 0.588. The van der Waals surface area contributed by atoms with E-state index in [0.29, 0.717) is 0 Å². The SMILES string of the molecule is CCCCCCCNCCn1c(C)nc2ccccc21. The first-order valence-corrected chi connectivity index (χ1v) is 7.95. The van der Waals surface area contributed by atoms with Gasteiger partial charge in [0.1, 0.15) is 5.82 Å². The number of para-hydroxylation sites is 2. The fourth-order valence-corrected chi connectivity index (χ4v) is 2.65. The van der Waals surface area contributed by atoms with E-state index in [1.165, 1.54) is 37.6 Å². The van der Waals surface area contributed by atoms with Crippen LogP contribution in [0, 0.1) is 6.92 Å². The molecule has 0 radical (unpaired) electrons. The molecule has 0 spiro atoms. The van der Waals surface area contributed by atoms with Crippen molar-refractivity contribution < 1.29 is 0 Å². The third-order valence-electron chi connectivity index (χ3n) is 3.81. The van der Waals surface area contributed by atoms with E-state index in [1.807, 2.05) is 6.07 Å². The molecule has 0 fully saturated rings. The van der Waals surface area contributed by atoms with Crippen molar-refractivity contribution in [1.29, 1.82) is 0 Å². The van der Waals surface area contributed by atoms with Gasteiger partial charge in [0.2, 0.25) is 0 Å². The molecule has 110 valence electrons. The largest absolute Gasteiger partial charge is 0.327 e. The highest BCUT2D eigenvalue weighted by Gasteiger charge is 2.05. The topological polar surface area (TPSA) is 29.9 Å². The van der Waals surface area contributed by atoms with E-state index in [0.717, 1.165) is 31.0 Å². The van der Waals surface area contributed by atoms with Gasteiger partial charge in [0.05, 0.1) is 11.0 Å². The van der Waals surface area contributed by atoms with Crippen molar-refractivity contribution in [3.05, 3.63) is 30.1 Å². The van der Waals surface area contributed by atoms with Gasteiger partial charge in [-0.25, -0.2) is 4.98 Å². The number of hydrogen-bond acceptors (Lipinski definition) is 2. The average molecular weight is 273 g/mol. The second kappa shape index (κ2) is 8.05. The molecule has 1 N–H and O–H groups in total. The molecule has 1 aromatic heterocycles. The van der Waals surface area contributed by atoms with E-state index in [-0.39, 0.29) is 0 Å². The van der Waals surface area contributed by atoms with Gasteiger partial charge >= 0.3 is 0 Å². The molecule has 2 rings (SSSR count). The molecule has 3 heteroatoms. The van der Waals surface area contributed by atoms with Crippen LogP contribution >= 0.6 is 0 Å². The highest BCUT2D eigenvalue weighted by Crippen LogP contribution is 2.14. The summed E-state index contributed by atoms with van der Waals surface area (Å²) in [5.41, 5.74) is 2.35. The Balaban J connectivity index is 1.72. The minimum Gasteiger partial charge on any atom is -0.327 e. The van der Waals surface area contributed by atoms with E-state index < -0.39 is 0 Å². The van der Waals surface area contributed by atoms with Crippen LogP contribution in [0.5, 0.6) is 0 Å². The normalized spacial score (nSPS) is 11.3. The van der Waals surface area contributed by atoms with Crippen LogP contribution in [0.1, 0.15) is 44.9 Å². The lowest BCUT2D eigenvalue weighted by Crippen LogP contribution is -2.21. The van der Waals surface area contributed by atoms with Gasteiger partial charge in [0.25, 0.3) is 0 Å². The third-order valence-corrected chi connectivity index (χ3v) is 3.81. The summed E-state index contributed by atoms with van der Waals surface area (Å²) >= 11 is 0. The summed E-state index contributed by atoms with van der Waals surface area (Å²) in [6.07, 6.45) is 6.72. The number of aryl methyl sites for hydroxylation is 1. The summed E-state index contributed by atoms with van der Waals surface area (Å²) in [4.78, 5) is 4.60. The van der Waals surface area contributed by atoms with E-state index in [2.05, 4.69) is 46.9 Å². The van der Waals surface area contributed by atoms with Gasteiger partial charge in [-0.15, -0.1) is 0 Å². The van der Waals surface area contributed by atoms with Crippen LogP contribution in [0.4, 0.5) is 0 Å². The molecule has 0 amide bonds. The van der Waals surface area contributed by atoms with Crippen LogP contribution in [-0.4, -0.2) is 22.6 Å². The molecule has 3 nitrogen and oxygen atoms in total. The summed E-state index contributed by atoms with van der Waals surface area (Å²) in [6.45, 7) is 7.51. The van der Waals surface area contributed by atoms with Crippen LogP contribution in [0.3, 0.4) is 0 Å². The molecule has 0 atom stereocenters. The second-order valence-corrected chi connectivity index (χ2v) is 5.46. The van der Waals surface area contributed by atoms with Crippen molar-refractivity contribution in [3.8, 4) is 0 Å². The van der Waals surface area contributed by atoms with Crippen LogP contribution in [-0.2, 0) is 6.54 Å². The first-order valence-electron chi connectivity index (χ1n) is 7.95. The number of unbranched alkanes of at least 4 members (excludes halogenated alkanes) is 4. The number of imidazole rings is 1. The quantitative estimate of drug-likeness (QED) is 0.702. The maximum absolute atomic E-state index is 4.60. The Morgan fingerprint density at radius 2 is 1.85 bits per heavy atom. The maximum atomic E-state index is 4.60. The highest BCUT2D eigenvalue weighted by atomic mass is 15.1. The average Bonchev–Trinajstić information content (AvgIpc) is 2.78. The van der Waals surface area contributed by atoms with E-state index >= 15 is 0 Å². The van der Waals surface area contributed by atoms with Gasteiger partial charge in [-0.3, -0.25) is 0 Å². The van der Waals surface area contributed by atoms with Gasteiger partial charge in [-0.1, -0.05) is 44.7 Å². The Labute approximate surface area is 122 Å². The summed E-state index contributed by atoms with van der Waals surface area (Å²) in [5, 5.41) is 3.54. The van der Waals surface area contributed by atoms with E-state index in [1.54, 1.807) is 0 Å². The van der Waals surface area contributed by atoms with Gasteiger partial charge in [-0.05, 0) is 32.0 Å². The Bertz CT molecular complexity index is 516. The molecular weight excluding hydrogens is 246 g/mol. The fourth-order valence-electron chi connectivity index (χ4n) is 2.65. The molecule has 2 aromatic rings. The zero-order valence-corrected chi connectivity index (χ0v) is 12.9. The first-order chi connectivity index (χ1) is 9.83. The van der Waals surface area contributed by atoms with E-state index in [4.69, 9.17) is 0 Å². The summed E-state index contributed by atoms with van der Waals surface area (Å²) < 4.78 is 2.30. The highest BCUT2D eigenvalue weighted by molar-refractivity contribution is 5.75. The number of aromatic nitrogens is 2. The number of nitrogens with one attached hydrogen (secondary N) is 1. The van der Waals surface area contributed by atoms with Crippen molar-refractivity contribution in [2.75, 3.05) is 13.1 Å². The van der Waals surface area contributed by atoms with Crippen molar-refractivity contribution in [2.45, 2.75) is 52.5 Å². The zero-order valence-electron chi connectivity index (χ0n) is 12.9. The zero-order chi connectivity index (χ0) is 14.2. The predicted octanol–water partition coefficient (Wildman–Crippen LogP) is 3.90. The Morgan fingerprint density at radius 1 is 1.05 bits per heavy atom. The summed E-state index contributed by atoms with van der Waals surface area (Å²) in [6, 6.07) is 8.37. The lowest BCUT2D eigenvalue weighted by molar-refractivity contribution is 0.555. The van der Waals surface area contributed by atoms with Crippen LogP contribution in [0.15, 0.2) is 24.3 Å². The second-order valence-electron chi connectivity index (χ2n) is 5.46.